The largest absolute Gasteiger partial charge is 0.455 e. The summed E-state index contributed by atoms with van der Waals surface area (Å²) >= 11 is 2.32. The van der Waals surface area contributed by atoms with Crippen molar-refractivity contribution in [2.24, 2.45) is 5.73 Å². The number of aromatic nitrogens is 2. The molecule has 3 N–H and O–H groups in total. The number of nitrogens with zero attached hydrogens (tertiary/aromatic N) is 2. The third-order valence-electron chi connectivity index (χ3n) is 3.31. The average molecular weight is 402 g/mol. The molecule has 0 aliphatic carbocycles. The van der Waals surface area contributed by atoms with Gasteiger partial charge in [0.2, 0.25) is 0 Å². The number of nitrogens with two attached hydrogens (primary N) is 1. The number of amides is 2. The molecule has 0 radical (unpaired) electrons. The highest BCUT2D eigenvalue weighted by atomic mass is 32.2. The van der Waals surface area contributed by atoms with Crippen LogP contribution in [0.5, 0.6) is 0 Å². The maximum absolute atomic E-state index is 11.8. The van der Waals surface area contributed by atoms with E-state index in [9.17, 15) is 14.4 Å². The summed E-state index contributed by atoms with van der Waals surface area (Å²) in [6, 6.07) is 8.92. The Hall–Kier alpha value is -2.98. The van der Waals surface area contributed by atoms with Crippen LogP contribution in [0.15, 0.2) is 46.9 Å². The molecule has 8 nitrogen and oxygen atoms in total. The molecule has 3 rings (SSSR count). The highest BCUT2D eigenvalue weighted by molar-refractivity contribution is 7.99. The maximum atomic E-state index is 11.8. The molecular formula is C17H14N4O4S2. The van der Waals surface area contributed by atoms with E-state index in [0.717, 1.165) is 22.4 Å². The molecule has 0 atom stereocenters. The Morgan fingerprint density at radius 2 is 1.96 bits per heavy atom. The van der Waals surface area contributed by atoms with Crippen molar-refractivity contribution in [2.75, 3.05) is 17.7 Å². The minimum Gasteiger partial charge on any atom is -0.455 e. The summed E-state index contributed by atoms with van der Waals surface area (Å²) in [6.07, 6.45) is 1.58. The number of rotatable bonds is 7. The van der Waals surface area contributed by atoms with E-state index >= 15 is 0 Å². The van der Waals surface area contributed by atoms with Crippen LogP contribution < -0.4 is 11.1 Å². The van der Waals surface area contributed by atoms with Gasteiger partial charge in [-0.2, -0.15) is 0 Å². The monoisotopic (exact) mass is 402 g/mol. The van der Waals surface area contributed by atoms with Crippen molar-refractivity contribution in [3.8, 4) is 0 Å². The Morgan fingerprint density at radius 3 is 2.74 bits per heavy atom. The van der Waals surface area contributed by atoms with E-state index in [1.54, 1.807) is 11.6 Å². The minimum atomic E-state index is -0.642. The first-order valence-corrected chi connectivity index (χ1v) is 9.57. The highest BCUT2D eigenvalue weighted by Gasteiger charge is 2.14. The van der Waals surface area contributed by atoms with Crippen molar-refractivity contribution in [1.82, 2.24) is 9.97 Å². The van der Waals surface area contributed by atoms with E-state index in [1.165, 1.54) is 17.8 Å². The Kier molecular flexibility index (Phi) is 5.99. The summed E-state index contributed by atoms with van der Waals surface area (Å²) in [5, 5.41) is 5.03. The Labute approximate surface area is 162 Å². The fourth-order valence-corrected chi connectivity index (χ4v) is 3.54. The first-order valence-electron chi connectivity index (χ1n) is 7.70. The van der Waals surface area contributed by atoms with Gasteiger partial charge in [0.1, 0.15) is 10.0 Å². The van der Waals surface area contributed by atoms with E-state index in [1.807, 2.05) is 24.3 Å². The van der Waals surface area contributed by atoms with Crippen LogP contribution in [0.1, 0.15) is 10.4 Å². The lowest BCUT2D eigenvalue weighted by molar-refractivity contribution is -0.144. The van der Waals surface area contributed by atoms with Crippen LogP contribution >= 0.6 is 23.1 Å². The van der Waals surface area contributed by atoms with Crippen LogP contribution in [-0.2, 0) is 14.3 Å². The number of para-hydroxylation sites is 2. The fourth-order valence-electron chi connectivity index (χ4n) is 2.09. The van der Waals surface area contributed by atoms with Crippen LogP contribution in [0.4, 0.5) is 5.00 Å². The quantitative estimate of drug-likeness (QED) is 0.458. The number of nitrogens with one attached hydrogen (secondary N) is 1. The molecule has 2 amide bonds. The molecule has 0 unspecified atom stereocenters. The maximum Gasteiger partial charge on any atom is 0.316 e. The third kappa shape index (κ3) is 5.02. The van der Waals surface area contributed by atoms with Gasteiger partial charge in [0, 0.05) is 0 Å². The molecule has 0 aliphatic rings. The number of carbonyl (C=O) groups excluding carboxylic acids is 3. The summed E-state index contributed by atoms with van der Waals surface area (Å²) in [4.78, 5) is 43.5. The average Bonchev–Trinajstić information content (AvgIpc) is 3.13. The summed E-state index contributed by atoms with van der Waals surface area (Å²) in [7, 11) is 0. The van der Waals surface area contributed by atoms with E-state index in [2.05, 4.69) is 15.3 Å². The van der Waals surface area contributed by atoms with Crippen LogP contribution in [0, 0.1) is 0 Å². The highest BCUT2D eigenvalue weighted by Crippen LogP contribution is 2.22. The molecule has 138 valence electrons. The zero-order chi connectivity index (χ0) is 19.2. The first-order chi connectivity index (χ1) is 13.0. The molecule has 10 heteroatoms. The summed E-state index contributed by atoms with van der Waals surface area (Å²) < 4.78 is 4.93. The molecule has 3 aromatic rings. The smallest absolute Gasteiger partial charge is 0.316 e. The molecule has 0 bridgehead atoms. The number of thiophene rings is 1. The Morgan fingerprint density at radius 1 is 1.19 bits per heavy atom. The number of thioether (sulfide) groups is 1. The standard InChI is InChI=1S/C17H14N4O4S2/c18-16(24)10-5-6-26-17(10)21-13(22)8-25-15(23)9-27-14-7-19-11-3-1-2-4-12(11)20-14/h1-7H,8-9H2,(H2,18,24)(H,21,22). The number of benzene rings is 1. The van der Waals surface area contributed by atoms with Crippen molar-refractivity contribution in [2.45, 2.75) is 5.03 Å². The molecule has 27 heavy (non-hydrogen) atoms. The van der Waals surface area contributed by atoms with Crippen LogP contribution in [0.3, 0.4) is 0 Å². The number of esters is 1. The van der Waals surface area contributed by atoms with Crippen molar-refractivity contribution in [1.29, 1.82) is 0 Å². The van der Waals surface area contributed by atoms with Gasteiger partial charge in [-0.15, -0.1) is 11.3 Å². The van der Waals surface area contributed by atoms with Gasteiger partial charge in [0.15, 0.2) is 6.61 Å². The number of carbonyl (C=O) groups is 3. The van der Waals surface area contributed by atoms with Gasteiger partial charge in [0.25, 0.3) is 11.8 Å². The molecule has 0 spiro atoms. The normalized spacial score (nSPS) is 10.5. The number of hydrogen-bond acceptors (Lipinski definition) is 8. The lowest BCUT2D eigenvalue weighted by atomic mass is 10.3. The first kappa shape index (κ1) is 18.8. The van der Waals surface area contributed by atoms with E-state index in [0.29, 0.717) is 10.0 Å². The number of primary amides is 1. The number of fused-ring (bicyclic) bond motifs is 1. The Balaban J connectivity index is 1.46. The van der Waals surface area contributed by atoms with Crippen molar-refractivity contribution >= 4 is 56.9 Å². The minimum absolute atomic E-state index is 0.00810. The van der Waals surface area contributed by atoms with Gasteiger partial charge in [-0.3, -0.25) is 19.4 Å². The zero-order valence-electron chi connectivity index (χ0n) is 13.9. The second kappa shape index (κ2) is 8.60. The number of ether oxygens (including phenoxy) is 1. The van der Waals surface area contributed by atoms with E-state index < -0.39 is 24.4 Å². The lowest BCUT2D eigenvalue weighted by Crippen LogP contribution is -2.22. The third-order valence-corrected chi connectivity index (χ3v) is 5.01. The molecule has 1 aromatic carbocycles. The molecule has 0 aliphatic heterocycles. The van der Waals surface area contributed by atoms with E-state index in [4.69, 9.17) is 10.5 Å². The molecular weight excluding hydrogens is 388 g/mol. The second-order valence-corrected chi connectivity index (χ2v) is 7.13. The van der Waals surface area contributed by atoms with Gasteiger partial charge < -0.3 is 15.8 Å². The summed E-state index contributed by atoms with van der Waals surface area (Å²) in [6.45, 7) is -0.459. The van der Waals surface area contributed by atoms with Crippen molar-refractivity contribution in [3.63, 3.8) is 0 Å². The SMILES string of the molecule is NC(=O)c1ccsc1NC(=O)COC(=O)CSc1cnc2ccccc2n1. The predicted octanol–water partition coefficient (Wildman–Crippen LogP) is 2.06. The van der Waals surface area contributed by atoms with Crippen molar-refractivity contribution in [3.05, 3.63) is 47.5 Å². The molecule has 2 heterocycles. The van der Waals surface area contributed by atoms with Gasteiger partial charge in [-0.05, 0) is 23.6 Å². The predicted molar refractivity (Wildman–Crippen MR) is 103 cm³/mol. The molecule has 0 saturated heterocycles. The van der Waals surface area contributed by atoms with Crippen LogP contribution in [0.25, 0.3) is 11.0 Å². The van der Waals surface area contributed by atoms with Gasteiger partial charge in [-0.25, -0.2) is 4.98 Å². The fraction of sp³-hybridized carbons (Fsp3) is 0.118. The van der Waals surface area contributed by atoms with Crippen molar-refractivity contribution < 1.29 is 19.1 Å². The van der Waals surface area contributed by atoms with Gasteiger partial charge >= 0.3 is 5.97 Å². The summed E-state index contributed by atoms with van der Waals surface area (Å²) in [5.74, 6) is -1.77. The summed E-state index contributed by atoms with van der Waals surface area (Å²) in [5.41, 5.74) is 6.92. The lowest BCUT2D eigenvalue weighted by Gasteiger charge is -2.06. The Bertz CT molecular complexity index is 1010. The van der Waals surface area contributed by atoms with Crippen LogP contribution in [0.2, 0.25) is 0 Å². The molecule has 0 fully saturated rings. The zero-order valence-corrected chi connectivity index (χ0v) is 15.5. The molecule has 2 aromatic heterocycles. The second-order valence-electron chi connectivity index (χ2n) is 5.22. The number of anilines is 1. The van der Waals surface area contributed by atoms with E-state index in [-0.39, 0.29) is 11.3 Å². The van der Waals surface area contributed by atoms with Gasteiger partial charge in [-0.1, -0.05) is 23.9 Å². The van der Waals surface area contributed by atoms with Gasteiger partial charge in [0.05, 0.1) is 28.5 Å². The topological polar surface area (TPSA) is 124 Å². The van der Waals surface area contributed by atoms with Crippen LogP contribution in [-0.4, -0.2) is 40.1 Å². The number of hydrogen-bond donors (Lipinski definition) is 2. The molecule has 0 saturated carbocycles.